The van der Waals surface area contributed by atoms with Crippen LogP contribution in [-0.2, 0) is 5.41 Å². The van der Waals surface area contributed by atoms with Crippen molar-refractivity contribution in [2.24, 2.45) is 0 Å². The summed E-state index contributed by atoms with van der Waals surface area (Å²) in [6.07, 6.45) is 0. The van der Waals surface area contributed by atoms with E-state index >= 15 is 0 Å². The van der Waals surface area contributed by atoms with Crippen molar-refractivity contribution in [1.29, 1.82) is 0 Å². The fraction of sp³-hybridized carbons (Fsp3) is 0.174. The molecular formula is C23H22FN3O2. The second-order valence-electron chi connectivity index (χ2n) is 7.62. The van der Waals surface area contributed by atoms with Crippen LogP contribution in [0.25, 0.3) is 0 Å². The highest BCUT2D eigenvalue weighted by Gasteiger charge is 2.20. The van der Waals surface area contributed by atoms with E-state index in [2.05, 4.69) is 36.4 Å². The number of nitrogens with one attached hydrogen (secondary N) is 2. The third-order valence-corrected chi connectivity index (χ3v) is 4.30. The predicted octanol–water partition coefficient (Wildman–Crippen LogP) is 5.02. The number of benzene rings is 2. The number of amides is 2. The van der Waals surface area contributed by atoms with Gasteiger partial charge in [0.05, 0.1) is 0 Å². The summed E-state index contributed by atoms with van der Waals surface area (Å²) in [6, 6.07) is 17.6. The fourth-order valence-corrected chi connectivity index (χ4v) is 2.85. The monoisotopic (exact) mass is 391 g/mol. The summed E-state index contributed by atoms with van der Waals surface area (Å²) in [5.74, 6) is -1.28. The van der Waals surface area contributed by atoms with Crippen LogP contribution in [0.1, 0.15) is 47.3 Å². The summed E-state index contributed by atoms with van der Waals surface area (Å²) in [7, 11) is 0. The molecule has 0 unspecified atom stereocenters. The molecule has 0 saturated carbocycles. The Morgan fingerprint density at radius 3 is 2.00 bits per heavy atom. The summed E-state index contributed by atoms with van der Waals surface area (Å²) >= 11 is 0. The number of hydrogen-bond acceptors (Lipinski definition) is 3. The molecular weight excluding hydrogens is 369 g/mol. The molecule has 3 aromatic rings. The first-order valence-electron chi connectivity index (χ1n) is 9.19. The van der Waals surface area contributed by atoms with Gasteiger partial charge in [0.2, 0.25) is 0 Å². The van der Waals surface area contributed by atoms with Crippen molar-refractivity contribution < 1.29 is 14.0 Å². The van der Waals surface area contributed by atoms with Crippen LogP contribution in [-0.4, -0.2) is 16.8 Å². The zero-order valence-corrected chi connectivity index (χ0v) is 16.5. The quantitative estimate of drug-likeness (QED) is 0.656. The van der Waals surface area contributed by atoms with Gasteiger partial charge < -0.3 is 10.6 Å². The molecule has 0 saturated heterocycles. The molecule has 2 N–H and O–H groups in total. The van der Waals surface area contributed by atoms with E-state index in [4.69, 9.17) is 0 Å². The first-order chi connectivity index (χ1) is 13.7. The van der Waals surface area contributed by atoms with Crippen LogP contribution in [0.3, 0.4) is 0 Å². The Hall–Kier alpha value is -3.54. The van der Waals surface area contributed by atoms with E-state index in [1.807, 2.05) is 24.3 Å². The zero-order valence-electron chi connectivity index (χ0n) is 16.5. The minimum atomic E-state index is -0.485. The van der Waals surface area contributed by atoms with Crippen LogP contribution in [0.2, 0.25) is 0 Å². The third kappa shape index (κ3) is 5.04. The van der Waals surface area contributed by atoms with Gasteiger partial charge in [-0.2, -0.15) is 0 Å². The van der Waals surface area contributed by atoms with Crippen LogP contribution in [0.5, 0.6) is 0 Å². The third-order valence-electron chi connectivity index (χ3n) is 4.30. The number of anilines is 2. The van der Waals surface area contributed by atoms with E-state index in [-0.39, 0.29) is 16.8 Å². The average Bonchev–Trinajstić information content (AvgIpc) is 2.69. The molecule has 5 nitrogen and oxygen atoms in total. The summed E-state index contributed by atoms with van der Waals surface area (Å²) in [5.41, 5.74) is 2.21. The van der Waals surface area contributed by atoms with Gasteiger partial charge in [0.15, 0.2) is 0 Å². The lowest BCUT2D eigenvalue weighted by Gasteiger charge is -2.22. The Bertz CT molecular complexity index is 1040. The molecule has 6 heteroatoms. The largest absolute Gasteiger partial charge is 0.321 e. The van der Waals surface area contributed by atoms with Crippen molar-refractivity contribution >= 4 is 23.2 Å². The molecule has 0 spiro atoms. The molecule has 0 fully saturated rings. The van der Waals surface area contributed by atoms with Gasteiger partial charge in [0, 0.05) is 11.4 Å². The predicted molar refractivity (Wildman–Crippen MR) is 112 cm³/mol. The highest BCUT2D eigenvalue weighted by molar-refractivity contribution is 6.06. The van der Waals surface area contributed by atoms with Gasteiger partial charge in [0.25, 0.3) is 11.8 Å². The molecule has 2 amide bonds. The van der Waals surface area contributed by atoms with E-state index in [1.54, 1.807) is 12.1 Å². The van der Waals surface area contributed by atoms with Crippen molar-refractivity contribution in [3.8, 4) is 0 Å². The SMILES string of the molecule is CC(C)(C)c1ccccc1NC(=O)c1cccc(C(=O)Nc2ccc(F)cc2)n1. The molecule has 2 aromatic carbocycles. The molecule has 0 atom stereocenters. The van der Waals surface area contributed by atoms with Crippen molar-refractivity contribution in [2.45, 2.75) is 26.2 Å². The van der Waals surface area contributed by atoms with Crippen LogP contribution in [0, 0.1) is 5.82 Å². The van der Waals surface area contributed by atoms with Gasteiger partial charge in [-0.15, -0.1) is 0 Å². The van der Waals surface area contributed by atoms with Crippen LogP contribution >= 0.6 is 0 Å². The Labute approximate surface area is 169 Å². The Kier molecular flexibility index (Phi) is 5.73. The molecule has 0 aliphatic carbocycles. The van der Waals surface area contributed by atoms with E-state index in [0.717, 1.165) is 5.56 Å². The Morgan fingerprint density at radius 2 is 1.38 bits per heavy atom. The van der Waals surface area contributed by atoms with Crippen molar-refractivity contribution in [3.05, 3.63) is 89.5 Å². The number of carbonyl (C=O) groups is 2. The first-order valence-corrected chi connectivity index (χ1v) is 9.19. The highest BCUT2D eigenvalue weighted by Crippen LogP contribution is 2.29. The van der Waals surface area contributed by atoms with Crippen molar-refractivity contribution in [3.63, 3.8) is 0 Å². The molecule has 148 valence electrons. The minimum Gasteiger partial charge on any atom is -0.321 e. The van der Waals surface area contributed by atoms with Gasteiger partial charge in [-0.3, -0.25) is 9.59 Å². The van der Waals surface area contributed by atoms with Crippen molar-refractivity contribution in [1.82, 2.24) is 4.98 Å². The van der Waals surface area contributed by atoms with Crippen LogP contribution in [0.15, 0.2) is 66.7 Å². The number of pyridine rings is 1. The Balaban J connectivity index is 1.78. The Morgan fingerprint density at radius 1 is 0.793 bits per heavy atom. The molecule has 0 bridgehead atoms. The van der Waals surface area contributed by atoms with Gasteiger partial charge in [-0.25, -0.2) is 9.37 Å². The maximum atomic E-state index is 13.0. The summed E-state index contributed by atoms with van der Waals surface area (Å²) in [4.78, 5) is 29.3. The lowest BCUT2D eigenvalue weighted by atomic mass is 9.86. The lowest BCUT2D eigenvalue weighted by molar-refractivity contribution is 0.101. The number of halogens is 1. The molecule has 3 rings (SSSR count). The maximum absolute atomic E-state index is 13.0. The smallest absolute Gasteiger partial charge is 0.274 e. The fourth-order valence-electron chi connectivity index (χ4n) is 2.85. The summed E-state index contributed by atoms with van der Waals surface area (Å²) in [6.45, 7) is 6.20. The lowest BCUT2D eigenvalue weighted by Crippen LogP contribution is -2.21. The number of aromatic nitrogens is 1. The van der Waals surface area contributed by atoms with E-state index in [0.29, 0.717) is 11.4 Å². The molecule has 0 radical (unpaired) electrons. The average molecular weight is 391 g/mol. The summed E-state index contributed by atoms with van der Waals surface area (Å²) < 4.78 is 13.0. The number of para-hydroxylation sites is 1. The topological polar surface area (TPSA) is 71.1 Å². The molecule has 1 aromatic heterocycles. The van der Waals surface area contributed by atoms with Crippen molar-refractivity contribution in [2.75, 3.05) is 10.6 Å². The van der Waals surface area contributed by atoms with Gasteiger partial charge >= 0.3 is 0 Å². The summed E-state index contributed by atoms with van der Waals surface area (Å²) in [5, 5.41) is 5.51. The number of nitrogens with zero attached hydrogens (tertiary/aromatic N) is 1. The van der Waals surface area contributed by atoms with Crippen LogP contribution < -0.4 is 10.6 Å². The molecule has 0 aliphatic rings. The van der Waals surface area contributed by atoms with E-state index in [9.17, 15) is 14.0 Å². The minimum absolute atomic E-state index is 0.0890. The molecule has 0 aliphatic heterocycles. The zero-order chi connectivity index (χ0) is 21.0. The van der Waals surface area contributed by atoms with Gasteiger partial charge in [-0.1, -0.05) is 45.0 Å². The van der Waals surface area contributed by atoms with Gasteiger partial charge in [0.1, 0.15) is 17.2 Å². The molecule has 1 heterocycles. The standard InChI is InChI=1S/C23H22FN3O2/c1-23(2,3)17-7-4-5-8-18(17)27-22(29)20-10-6-9-19(26-20)21(28)25-16-13-11-15(24)12-14-16/h4-14H,1-3H3,(H,25,28)(H,27,29). The van der Waals surface area contributed by atoms with E-state index in [1.165, 1.54) is 30.3 Å². The molecule has 29 heavy (non-hydrogen) atoms. The van der Waals surface area contributed by atoms with Gasteiger partial charge in [-0.05, 0) is 53.4 Å². The number of rotatable bonds is 4. The van der Waals surface area contributed by atoms with E-state index < -0.39 is 17.6 Å². The maximum Gasteiger partial charge on any atom is 0.274 e. The number of carbonyl (C=O) groups excluding carboxylic acids is 2. The van der Waals surface area contributed by atoms with Crippen LogP contribution in [0.4, 0.5) is 15.8 Å². The number of hydrogen-bond donors (Lipinski definition) is 2. The first kappa shape index (κ1) is 20.2. The highest BCUT2D eigenvalue weighted by atomic mass is 19.1. The second kappa shape index (κ2) is 8.22. The second-order valence-corrected chi connectivity index (χ2v) is 7.62. The normalized spacial score (nSPS) is 11.0.